The lowest BCUT2D eigenvalue weighted by Crippen LogP contribution is -2.35. The number of esters is 1. The summed E-state index contributed by atoms with van der Waals surface area (Å²) in [5.74, 6) is -1.28. The van der Waals surface area contributed by atoms with Gasteiger partial charge in [-0.1, -0.05) is 42.5 Å². The molecule has 1 aromatic heterocycles. The molecule has 4 rings (SSSR count). The van der Waals surface area contributed by atoms with E-state index in [9.17, 15) is 19.7 Å². The second-order valence-corrected chi connectivity index (χ2v) is 8.68. The Balaban J connectivity index is 1.49. The smallest absolute Gasteiger partial charge is 0.348 e. The van der Waals surface area contributed by atoms with Gasteiger partial charge in [0.1, 0.15) is 10.6 Å². The Labute approximate surface area is 200 Å². The Kier molecular flexibility index (Phi) is 7.19. The Bertz CT molecular complexity index is 1200. The first-order valence-corrected chi connectivity index (χ1v) is 11.5. The highest BCUT2D eigenvalue weighted by Crippen LogP contribution is 2.39. The largest absolute Gasteiger partial charge is 0.451 e. The summed E-state index contributed by atoms with van der Waals surface area (Å²) in [5.41, 5.74) is 2.30. The predicted molar refractivity (Wildman–Crippen MR) is 130 cm³/mol. The van der Waals surface area contributed by atoms with Crippen molar-refractivity contribution in [2.24, 2.45) is 0 Å². The van der Waals surface area contributed by atoms with E-state index in [1.165, 1.54) is 23.5 Å². The number of nitrogens with zero attached hydrogens (tertiary/aromatic N) is 2. The summed E-state index contributed by atoms with van der Waals surface area (Å²) in [6.07, 6.45) is 0. The number of hydrogen-bond donors (Lipinski definition) is 1. The van der Waals surface area contributed by atoms with Gasteiger partial charge in [0.05, 0.1) is 23.1 Å². The van der Waals surface area contributed by atoms with Crippen molar-refractivity contribution in [1.29, 1.82) is 0 Å². The number of nitro groups is 1. The van der Waals surface area contributed by atoms with Gasteiger partial charge in [-0.2, -0.15) is 0 Å². The van der Waals surface area contributed by atoms with Gasteiger partial charge in [-0.25, -0.2) is 4.79 Å². The first-order valence-electron chi connectivity index (χ1n) is 10.7. The number of thiophene rings is 1. The number of morpholine rings is 1. The first-order chi connectivity index (χ1) is 16.4. The minimum atomic E-state index is -0.654. The van der Waals surface area contributed by atoms with Gasteiger partial charge in [-0.3, -0.25) is 14.9 Å². The molecule has 0 atom stereocenters. The van der Waals surface area contributed by atoms with Crippen molar-refractivity contribution in [3.8, 4) is 11.1 Å². The zero-order valence-corrected chi connectivity index (χ0v) is 19.3. The Morgan fingerprint density at radius 1 is 1.15 bits per heavy atom. The van der Waals surface area contributed by atoms with Crippen LogP contribution in [0.15, 0.2) is 54.6 Å². The van der Waals surface area contributed by atoms with Crippen molar-refractivity contribution in [1.82, 2.24) is 0 Å². The number of carbonyl (C=O) groups is 2. The van der Waals surface area contributed by atoms with Crippen LogP contribution in [-0.2, 0) is 14.3 Å². The molecule has 1 fully saturated rings. The molecule has 1 aliphatic heterocycles. The third-order valence-electron chi connectivity index (χ3n) is 5.34. The molecular weight excluding hydrogens is 458 g/mol. The molecule has 2 aromatic carbocycles. The van der Waals surface area contributed by atoms with Gasteiger partial charge in [0.15, 0.2) is 6.61 Å². The fourth-order valence-corrected chi connectivity index (χ4v) is 4.78. The number of carbonyl (C=O) groups excluding carboxylic acids is 2. The van der Waals surface area contributed by atoms with Crippen LogP contribution in [0.1, 0.15) is 15.2 Å². The Morgan fingerprint density at radius 3 is 2.59 bits per heavy atom. The van der Waals surface area contributed by atoms with Crippen molar-refractivity contribution in [3.05, 3.63) is 75.2 Å². The van der Waals surface area contributed by atoms with Gasteiger partial charge in [-0.05, 0) is 24.1 Å². The molecule has 1 saturated heterocycles. The SMILES string of the molecule is Cc1cccc([N+](=O)[O-])c1NC(=O)COC(=O)c1cc(-c2ccccc2)c(N2CCOCC2)s1. The van der Waals surface area contributed by atoms with Crippen molar-refractivity contribution in [2.75, 3.05) is 43.1 Å². The number of amides is 1. The zero-order valence-electron chi connectivity index (χ0n) is 18.5. The number of benzene rings is 2. The van der Waals surface area contributed by atoms with Crippen LogP contribution in [0.2, 0.25) is 0 Å². The van der Waals surface area contributed by atoms with Crippen LogP contribution in [0.5, 0.6) is 0 Å². The molecule has 0 aliphatic carbocycles. The molecule has 1 amide bonds. The molecule has 0 saturated carbocycles. The topological polar surface area (TPSA) is 111 Å². The maximum absolute atomic E-state index is 12.8. The number of para-hydroxylation sites is 1. The van der Waals surface area contributed by atoms with Gasteiger partial charge in [0, 0.05) is 24.7 Å². The molecule has 1 N–H and O–H groups in total. The molecule has 9 nitrogen and oxygen atoms in total. The number of anilines is 2. The molecular formula is C24H23N3O6S. The summed E-state index contributed by atoms with van der Waals surface area (Å²) in [6, 6.07) is 16.0. The van der Waals surface area contributed by atoms with Gasteiger partial charge >= 0.3 is 5.97 Å². The molecule has 34 heavy (non-hydrogen) atoms. The fraction of sp³-hybridized carbons (Fsp3) is 0.250. The quantitative estimate of drug-likeness (QED) is 0.305. The van der Waals surface area contributed by atoms with E-state index in [1.807, 2.05) is 30.3 Å². The van der Waals surface area contributed by atoms with Gasteiger partial charge < -0.3 is 19.7 Å². The highest BCUT2D eigenvalue weighted by Gasteiger charge is 2.24. The molecule has 176 valence electrons. The molecule has 0 radical (unpaired) electrons. The third-order valence-corrected chi connectivity index (χ3v) is 6.52. The van der Waals surface area contributed by atoms with Crippen LogP contribution in [0.25, 0.3) is 11.1 Å². The minimum absolute atomic E-state index is 0.0886. The number of ether oxygens (including phenoxy) is 2. The minimum Gasteiger partial charge on any atom is -0.451 e. The molecule has 0 spiro atoms. The molecule has 1 aliphatic rings. The standard InChI is InChI=1S/C24H23N3O6S/c1-16-6-5-9-19(27(30)31)22(16)25-21(28)15-33-24(29)20-14-18(17-7-3-2-4-8-17)23(34-20)26-10-12-32-13-11-26/h2-9,14H,10-13,15H2,1H3,(H,25,28). The van der Waals surface area contributed by atoms with E-state index in [4.69, 9.17) is 9.47 Å². The molecule has 0 unspecified atom stereocenters. The van der Waals surface area contributed by atoms with E-state index in [0.29, 0.717) is 36.7 Å². The average Bonchev–Trinajstić information content (AvgIpc) is 3.30. The van der Waals surface area contributed by atoms with Crippen LogP contribution in [0, 0.1) is 17.0 Å². The van der Waals surface area contributed by atoms with Crippen LogP contribution in [0.3, 0.4) is 0 Å². The summed E-state index contributed by atoms with van der Waals surface area (Å²) >= 11 is 1.31. The molecule has 0 bridgehead atoms. The lowest BCUT2D eigenvalue weighted by atomic mass is 10.1. The second-order valence-electron chi connectivity index (χ2n) is 7.65. The van der Waals surface area contributed by atoms with Crippen molar-refractivity contribution >= 4 is 39.6 Å². The highest BCUT2D eigenvalue weighted by atomic mass is 32.1. The maximum atomic E-state index is 12.8. The second kappa shape index (κ2) is 10.4. The molecule has 3 aromatic rings. The summed E-state index contributed by atoms with van der Waals surface area (Å²) < 4.78 is 10.7. The van der Waals surface area contributed by atoms with Gasteiger partial charge in [0.25, 0.3) is 11.6 Å². The van der Waals surface area contributed by atoms with E-state index in [-0.39, 0.29) is 11.4 Å². The number of nitro benzene ring substituents is 1. The average molecular weight is 482 g/mol. The van der Waals surface area contributed by atoms with Crippen molar-refractivity contribution in [2.45, 2.75) is 6.92 Å². The van der Waals surface area contributed by atoms with E-state index >= 15 is 0 Å². The number of nitrogens with one attached hydrogen (secondary N) is 1. The summed E-state index contributed by atoms with van der Waals surface area (Å²) in [4.78, 5) is 38.4. The van der Waals surface area contributed by atoms with Crippen LogP contribution < -0.4 is 10.2 Å². The Morgan fingerprint density at radius 2 is 1.88 bits per heavy atom. The van der Waals surface area contributed by atoms with Gasteiger partial charge in [-0.15, -0.1) is 11.3 Å². The number of rotatable bonds is 7. The third kappa shape index (κ3) is 5.24. The maximum Gasteiger partial charge on any atom is 0.348 e. The Hall–Kier alpha value is -3.76. The van der Waals surface area contributed by atoms with Crippen molar-refractivity contribution < 1.29 is 24.0 Å². The van der Waals surface area contributed by atoms with Crippen LogP contribution >= 0.6 is 11.3 Å². The zero-order chi connectivity index (χ0) is 24.1. The number of aryl methyl sites for hydroxylation is 1. The summed E-state index contributed by atoms with van der Waals surface area (Å²) in [7, 11) is 0. The van der Waals surface area contributed by atoms with Crippen molar-refractivity contribution in [3.63, 3.8) is 0 Å². The van der Waals surface area contributed by atoms with E-state index in [1.54, 1.807) is 19.1 Å². The van der Waals surface area contributed by atoms with Gasteiger partial charge in [0.2, 0.25) is 0 Å². The van der Waals surface area contributed by atoms with E-state index in [2.05, 4.69) is 10.2 Å². The molecule has 10 heteroatoms. The summed E-state index contributed by atoms with van der Waals surface area (Å²) in [5, 5.41) is 14.7. The highest BCUT2D eigenvalue weighted by molar-refractivity contribution is 7.18. The normalized spacial score (nSPS) is 13.4. The lowest BCUT2D eigenvalue weighted by molar-refractivity contribution is -0.384. The van der Waals surface area contributed by atoms with Crippen LogP contribution in [0.4, 0.5) is 16.4 Å². The predicted octanol–water partition coefficient (Wildman–Crippen LogP) is 4.26. The fourth-order valence-electron chi connectivity index (χ4n) is 3.65. The lowest BCUT2D eigenvalue weighted by Gasteiger charge is -2.28. The van der Waals surface area contributed by atoms with Crippen LogP contribution in [-0.4, -0.2) is 49.7 Å². The number of hydrogen-bond acceptors (Lipinski definition) is 8. The van der Waals surface area contributed by atoms with E-state index < -0.39 is 23.4 Å². The van der Waals surface area contributed by atoms with E-state index in [0.717, 1.165) is 16.1 Å². The monoisotopic (exact) mass is 481 g/mol. The summed E-state index contributed by atoms with van der Waals surface area (Å²) in [6.45, 7) is 3.74. The molecule has 2 heterocycles. The first kappa shape index (κ1) is 23.4.